The molecule has 0 aliphatic heterocycles. The largest absolute Gasteiger partial charge is 0.460 e. The van der Waals surface area contributed by atoms with Crippen LogP contribution in [0.1, 0.15) is 59.8 Å². The summed E-state index contributed by atoms with van der Waals surface area (Å²) >= 11 is 0. The fourth-order valence-corrected chi connectivity index (χ4v) is 2.56. The van der Waals surface area contributed by atoms with Crippen molar-refractivity contribution in [2.24, 2.45) is 11.8 Å². The molecule has 0 radical (unpaired) electrons. The van der Waals surface area contributed by atoms with Crippen molar-refractivity contribution in [1.82, 2.24) is 0 Å². The highest BCUT2D eigenvalue weighted by Gasteiger charge is 2.33. The molecule has 106 valence electrons. The molecular weight excluding hydrogens is 228 g/mol. The molecule has 18 heavy (non-hydrogen) atoms. The van der Waals surface area contributed by atoms with Gasteiger partial charge in [0.25, 0.3) is 0 Å². The Kier molecular flexibility index (Phi) is 6.13. The van der Waals surface area contributed by atoms with Crippen molar-refractivity contribution in [3.05, 3.63) is 0 Å². The number of rotatable bonds is 5. The zero-order valence-electron chi connectivity index (χ0n) is 12.3. The highest BCUT2D eigenvalue weighted by Crippen LogP contribution is 2.31. The molecule has 0 aromatic carbocycles. The van der Waals surface area contributed by atoms with Crippen LogP contribution in [0.15, 0.2) is 0 Å². The van der Waals surface area contributed by atoms with E-state index in [1.807, 2.05) is 27.7 Å². The molecule has 0 spiro atoms. The predicted molar refractivity (Wildman–Crippen MR) is 72.4 cm³/mol. The highest BCUT2D eigenvalue weighted by atomic mass is 16.6. The Bertz CT molecular complexity index is 249. The summed E-state index contributed by atoms with van der Waals surface area (Å²) in [5, 5.41) is 0. The minimum Gasteiger partial charge on any atom is -0.460 e. The smallest absolute Gasteiger partial charge is 0.312 e. The maximum absolute atomic E-state index is 12.3. The molecule has 0 aromatic rings. The molecule has 0 saturated heterocycles. The first-order valence-electron chi connectivity index (χ1n) is 7.24. The number of carbonyl (C=O) groups excluding carboxylic acids is 1. The van der Waals surface area contributed by atoms with E-state index >= 15 is 0 Å². The molecule has 1 aliphatic carbocycles. The number of hydrogen-bond donors (Lipinski definition) is 0. The highest BCUT2D eigenvalue weighted by molar-refractivity contribution is 5.73. The fourth-order valence-electron chi connectivity index (χ4n) is 2.56. The van der Waals surface area contributed by atoms with Crippen molar-refractivity contribution < 1.29 is 14.3 Å². The lowest BCUT2D eigenvalue weighted by Gasteiger charge is -2.31. The van der Waals surface area contributed by atoms with Gasteiger partial charge in [-0.25, -0.2) is 0 Å². The van der Waals surface area contributed by atoms with E-state index < -0.39 is 5.60 Å². The Balaban J connectivity index is 2.60. The molecule has 0 aromatic heterocycles. The summed E-state index contributed by atoms with van der Waals surface area (Å²) in [5.74, 6) is 0.285. The summed E-state index contributed by atoms with van der Waals surface area (Å²) in [6.45, 7) is 8.89. The second-order valence-electron chi connectivity index (χ2n) is 6.20. The van der Waals surface area contributed by atoms with Crippen LogP contribution in [0.4, 0.5) is 0 Å². The monoisotopic (exact) mass is 256 g/mol. The molecular formula is C15H28O3. The van der Waals surface area contributed by atoms with Crippen molar-refractivity contribution in [1.29, 1.82) is 0 Å². The van der Waals surface area contributed by atoms with Crippen LogP contribution in [-0.2, 0) is 14.3 Å². The Hall–Kier alpha value is -0.570. The fraction of sp³-hybridized carbons (Fsp3) is 0.933. The zero-order chi connectivity index (χ0) is 13.6. The van der Waals surface area contributed by atoms with E-state index in [0.29, 0.717) is 19.1 Å². The quantitative estimate of drug-likeness (QED) is 0.705. The average molecular weight is 256 g/mol. The van der Waals surface area contributed by atoms with E-state index in [1.54, 1.807) is 0 Å². The standard InChI is InChI=1S/C15H28O3/c1-5-17-11-13(12-9-7-6-8-10-12)14(16)18-15(2,3)4/h12-13H,5-11H2,1-4H3. The number of carbonyl (C=O) groups is 1. The SMILES string of the molecule is CCOCC(C(=O)OC(C)(C)C)C1CCCCC1. The Morgan fingerprint density at radius 2 is 1.83 bits per heavy atom. The molecule has 0 amide bonds. The maximum Gasteiger partial charge on any atom is 0.312 e. The van der Waals surface area contributed by atoms with E-state index in [4.69, 9.17) is 9.47 Å². The van der Waals surface area contributed by atoms with Crippen LogP contribution in [0.25, 0.3) is 0 Å². The van der Waals surface area contributed by atoms with Gasteiger partial charge in [-0.2, -0.15) is 0 Å². The van der Waals surface area contributed by atoms with E-state index in [1.165, 1.54) is 19.3 Å². The maximum atomic E-state index is 12.3. The Morgan fingerprint density at radius 3 is 2.33 bits per heavy atom. The Labute approximate surface area is 111 Å². The third-order valence-electron chi connectivity index (χ3n) is 3.43. The van der Waals surface area contributed by atoms with E-state index in [-0.39, 0.29) is 11.9 Å². The van der Waals surface area contributed by atoms with Gasteiger partial charge in [0, 0.05) is 6.61 Å². The molecule has 0 heterocycles. The van der Waals surface area contributed by atoms with Crippen LogP contribution in [0, 0.1) is 11.8 Å². The molecule has 1 rings (SSSR count). The minimum atomic E-state index is -0.407. The molecule has 0 bridgehead atoms. The van der Waals surface area contributed by atoms with Gasteiger partial charge >= 0.3 is 5.97 Å². The molecule has 1 unspecified atom stereocenters. The molecule has 1 aliphatic rings. The van der Waals surface area contributed by atoms with Crippen molar-refractivity contribution in [3.8, 4) is 0 Å². The lowest BCUT2D eigenvalue weighted by Crippen LogP contribution is -2.36. The van der Waals surface area contributed by atoms with Crippen molar-refractivity contribution in [3.63, 3.8) is 0 Å². The second kappa shape index (κ2) is 7.13. The van der Waals surface area contributed by atoms with Gasteiger partial charge in [0.15, 0.2) is 0 Å². The number of hydrogen-bond acceptors (Lipinski definition) is 3. The topological polar surface area (TPSA) is 35.5 Å². The van der Waals surface area contributed by atoms with Gasteiger partial charge in [-0.05, 0) is 46.5 Å². The predicted octanol–water partition coefficient (Wildman–Crippen LogP) is 3.56. The molecule has 1 atom stereocenters. The van der Waals surface area contributed by atoms with Crippen LogP contribution in [0.5, 0.6) is 0 Å². The summed E-state index contributed by atoms with van der Waals surface area (Å²) in [6, 6.07) is 0. The lowest BCUT2D eigenvalue weighted by atomic mass is 9.80. The summed E-state index contributed by atoms with van der Waals surface area (Å²) in [5.41, 5.74) is -0.407. The molecule has 3 heteroatoms. The van der Waals surface area contributed by atoms with Crippen molar-refractivity contribution >= 4 is 5.97 Å². The third-order valence-corrected chi connectivity index (χ3v) is 3.43. The zero-order valence-corrected chi connectivity index (χ0v) is 12.3. The van der Waals surface area contributed by atoms with E-state index in [0.717, 1.165) is 12.8 Å². The molecule has 0 N–H and O–H groups in total. The summed E-state index contributed by atoms with van der Waals surface area (Å²) in [7, 11) is 0. The lowest BCUT2D eigenvalue weighted by molar-refractivity contribution is -0.165. The normalized spacial score (nSPS) is 19.6. The first-order chi connectivity index (χ1) is 8.44. The number of esters is 1. The van der Waals surface area contributed by atoms with Crippen LogP contribution >= 0.6 is 0 Å². The summed E-state index contributed by atoms with van der Waals surface area (Å²) in [6.07, 6.45) is 6.03. The average Bonchev–Trinajstić information content (AvgIpc) is 2.28. The van der Waals surface area contributed by atoms with Crippen molar-refractivity contribution in [2.45, 2.75) is 65.4 Å². The minimum absolute atomic E-state index is 0.0792. The van der Waals surface area contributed by atoms with Gasteiger partial charge in [0.2, 0.25) is 0 Å². The van der Waals surface area contributed by atoms with E-state index in [9.17, 15) is 4.79 Å². The van der Waals surface area contributed by atoms with Gasteiger partial charge in [0.05, 0.1) is 12.5 Å². The van der Waals surface area contributed by atoms with E-state index in [2.05, 4.69) is 0 Å². The summed E-state index contributed by atoms with van der Waals surface area (Å²) in [4.78, 5) is 12.3. The van der Waals surface area contributed by atoms with Gasteiger partial charge in [0.1, 0.15) is 5.60 Å². The Morgan fingerprint density at radius 1 is 1.22 bits per heavy atom. The first kappa shape index (κ1) is 15.5. The molecule has 1 saturated carbocycles. The van der Waals surface area contributed by atoms with Gasteiger partial charge in [-0.3, -0.25) is 4.79 Å². The number of ether oxygens (including phenoxy) is 2. The van der Waals surface area contributed by atoms with Crippen LogP contribution in [0.2, 0.25) is 0 Å². The van der Waals surface area contributed by atoms with Crippen LogP contribution in [-0.4, -0.2) is 24.8 Å². The van der Waals surface area contributed by atoms with Crippen molar-refractivity contribution in [2.75, 3.05) is 13.2 Å². The summed E-state index contributed by atoms with van der Waals surface area (Å²) < 4.78 is 11.0. The molecule has 3 nitrogen and oxygen atoms in total. The third kappa shape index (κ3) is 5.38. The van der Waals surface area contributed by atoms with Gasteiger partial charge in [-0.1, -0.05) is 19.3 Å². The first-order valence-corrected chi connectivity index (χ1v) is 7.24. The van der Waals surface area contributed by atoms with Crippen LogP contribution < -0.4 is 0 Å². The van der Waals surface area contributed by atoms with Gasteiger partial charge < -0.3 is 9.47 Å². The second-order valence-corrected chi connectivity index (χ2v) is 6.20. The van der Waals surface area contributed by atoms with Gasteiger partial charge in [-0.15, -0.1) is 0 Å². The van der Waals surface area contributed by atoms with Crippen LogP contribution in [0.3, 0.4) is 0 Å². The molecule has 1 fully saturated rings.